The fourth-order valence-electron chi connectivity index (χ4n) is 2.57. The SMILES string of the molecule is CCC(O)C(O)CC=CC=CC=CCC(O)C(C)=CC(C)C(C)OC(=O)CCC(=O)O. The minimum absolute atomic E-state index is 0.126. The number of carbonyl (C=O) groups is 2. The third kappa shape index (κ3) is 14.4. The summed E-state index contributed by atoms with van der Waals surface area (Å²) in [5.74, 6) is -1.71. The van der Waals surface area contributed by atoms with Crippen LogP contribution in [-0.2, 0) is 14.3 Å². The van der Waals surface area contributed by atoms with Gasteiger partial charge in [-0.3, -0.25) is 9.59 Å². The predicted octanol–water partition coefficient (Wildman–Crippen LogP) is 3.31. The van der Waals surface area contributed by atoms with Crippen LogP contribution in [0, 0.1) is 5.92 Å². The first-order chi connectivity index (χ1) is 14.6. The van der Waals surface area contributed by atoms with Gasteiger partial charge in [0.25, 0.3) is 0 Å². The van der Waals surface area contributed by atoms with E-state index in [1.165, 1.54) is 0 Å². The van der Waals surface area contributed by atoms with Crippen molar-refractivity contribution in [2.24, 2.45) is 5.92 Å². The number of esters is 1. The molecule has 7 heteroatoms. The first-order valence-electron chi connectivity index (χ1n) is 10.7. The van der Waals surface area contributed by atoms with Gasteiger partial charge >= 0.3 is 11.9 Å². The summed E-state index contributed by atoms with van der Waals surface area (Å²) in [6.07, 6.45) is 11.0. The van der Waals surface area contributed by atoms with Gasteiger partial charge in [0.05, 0.1) is 31.2 Å². The highest BCUT2D eigenvalue weighted by Gasteiger charge is 2.17. The van der Waals surface area contributed by atoms with Crippen LogP contribution in [0.5, 0.6) is 0 Å². The Hall–Kier alpha value is -2.22. The van der Waals surface area contributed by atoms with E-state index in [-0.39, 0.29) is 18.8 Å². The number of hydrogen-bond donors (Lipinski definition) is 4. The average Bonchev–Trinajstić information content (AvgIpc) is 2.72. The summed E-state index contributed by atoms with van der Waals surface area (Å²) in [5.41, 5.74) is 0.762. The molecule has 5 atom stereocenters. The van der Waals surface area contributed by atoms with E-state index in [9.17, 15) is 24.9 Å². The zero-order valence-electron chi connectivity index (χ0n) is 19.0. The second-order valence-corrected chi connectivity index (χ2v) is 7.63. The van der Waals surface area contributed by atoms with E-state index in [4.69, 9.17) is 9.84 Å². The highest BCUT2D eigenvalue weighted by molar-refractivity contribution is 5.76. The summed E-state index contributed by atoms with van der Waals surface area (Å²) in [7, 11) is 0. The summed E-state index contributed by atoms with van der Waals surface area (Å²) in [6, 6.07) is 0. The van der Waals surface area contributed by atoms with Gasteiger partial charge < -0.3 is 25.2 Å². The molecule has 0 heterocycles. The van der Waals surface area contributed by atoms with Crippen LogP contribution in [0.15, 0.2) is 48.1 Å². The van der Waals surface area contributed by atoms with E-state index < -0.39 is 36.4 Å². The van der Waals surface area contributed by atoms with Crippen molar-refractivity contribution in [3.8, 4) is 0 Å². The Balaban J connectivity index is 4.38. The molecule has 5 unspecified atom stereocenters. The molecule has 0 spiro atoms. The summed E-state index contributed by atoms with van der Waals surface area (Å²) in [5, 5.41) is 38.0. The lowest BCUT2D eigenvalue weighted by Gasteiger charge is -2.19. The first-order valence-corrected chi connectivity index (χ1v) is 10.7. The number of aliphatic hydroxyl groups is 3. The van der Waals surface area contributed by atoms with Gasteiger partial charge in [0, 0.05) is 5.92 Å². The summed E-state index contributed by atoms with van der Waals surface area (Å²) >= 11 is 0. The number of carboxylic acids is 1. The monoisotopic (exact) mass is 438 g/mol. The Morgan fingerprint density at radius 2 is 1.48 bits per heavy atom. The van der Waals surface area contributed by atoms with Crippen molar-refractivity contribution in [3.63, 3.8) is 0 Å². The maximum Gasteiger partial charge on any atom is 0.306 e. The van der Waals surface area contributed by atoms with Crippen LogP contribution in [0.2, 0.25) is 0 Å². The number of rotatable bonds is 15. The van der Waals surface area contributed by atoms with Gasteiger partial charge in [0.15, 0.2) is 0 Å². The molecule has 7 nitrogen and oxygen atoms in total. The van der Waals surface area contributed by atoms with Crippen molar-refractivity contribution in [2.45, 2.75) is 84.2 Å². The predicted molar refractivity (Wildman–Crippen MR) is 120 cm³/mol. The summed E-state index contributed by atoms with van der Waals surface area (Å²) < 4.78 is 5.23. The number of allylic oxidation sites excluding steroid dienone is 4. The number of carbonyl (C=O) groups excluding carboxylic acids is 1. The van der Waals surface area contributed by atoms with Gasteiger partial charge in [-0.2, -0.15) is 0 Å². The fraction of sp³-hybridized carbons (Fsp3) is 0.583. The third-order valence-electron chi connectivity index (χ3n) is 4.86. The van der Waals surface area contributed by atoms with Gasteiger partial charge in [-0.15, -0.1) is 0 Å². The number of aliphatic carboxylic acids is 1. The highest BCUT2D eigenvalue weighted by atomic mass is 16.5. The molecule has 0 radical (unpaired) electrons. The maximum atomic E-state index is 11.6. The molecular weight excluding hydrogens is 400 g/mol. The lowest BCUT2D eigenvalue weighted by Crippen LogP contribution is -2.23. The second kappa shape index (κ2) is 16.5. The van der Waals surface area contributed by atoms with Crippen LogP contribution >= 0.6 is 0 Å². The van der Waals surface area contributed by atoms with Gasteiger partial charge in [-0.1, -0.05) is 56.4 Å². The van der Waals surface area contributed by atoms with E-state index >= 15 is 0 Å². The number of aliphatic hydroxyl groups excluding tert-OH is 3. The highest BCUT2D eigenvalue weighted by Crippen LogP contribution is 2.16. The normalized spacial score (nSPS) is 17.7. The Morgan fingerprint density at radius 3 is 2.03 bits per heavy atom. The molecular formula is C24H38O7. The molecule has 176 valence electrons. The van der Waals surface area contributed by atoms with Gasteiger partial charge in [-0.25, -0.2) is 0 Å². The second-order valence-electron chi connectivity index (χ2n) is 7.63. The molecule has 0 saturated carbocycles. The molecule has 0 aliphatic heterocycles. The third-order valence-corrected chi connectivity index (χ3v) is 4.86. The summed E-state index contributed by atoms with van der Waals surface area (Å²) in [4.78, 5) is 22.1. The van der Waals surface area contributed by atoms with Crippen LogP contribution in [0.1, 0.15) is 59.8 Å². The van der Waals surface area contributed by atoms with E-state index in [2.05, 4.69) is 0 Å². The van der Waals surface area contributed by atoms with E-state index in [0.717, 1.165) is 5.57 Å². The van der Waals surface area contributed by atoms with Crippen molar-refractivity contribution in [1.29, 1.82) is 0 Å². The fourth-order valence-corrected chi connectivity index (χ4v) is 2.57. The Labute approximate surface area is 185 Å². The minimum Gasteiger partial charge on any atom is -0.481 e. The van der Waals surface area contributed by atoms with Gasteiger partial charge in [0.2, 0.25) is 0 Å². The molecule has 0 saturated heterocycles. The van der Waals surface area contributed by atoms with Crippen LogP contribution in [0.25, 0.3) is 0 Å². The molecule has 0 aromatic heterocycles. The zero-order chi connectivity index (χ0) is 23.8. The standard InChI is InChI=1S/C24H38O7/c1-5-20(25)22(27)13-11-9-7-6-8-10-12-21(26)18(3)16-17(2)19(4)31-24(30)15-14-23(28)29/h6-11,16-17,19-22,25-27H,5,12-15H2,1-4H3,(H,28,29). The Bertz CT molecular complexity index is 648. The van der Waals surface area contributed by atoms with Crippen molar-refractivity contribution in [3.05, 3.63) is 48.1 Å². The minimum atomic E-state index is -1.04. The number of carboxylic acid groups (broad SMARTS) is 1. The zero-order valence-corrected chi connectivity index (χ0v) is 19.0. The molecule has 0 aliphatic rings. The lowest BCUT2D eigenvalue weighted by atomic mass is 9.99. The molecule has 0 aromatic rings. The molecule has 4 N–H and O–H groups in total. The summed E-state index contributed by atoms with van der Waals surface area (Å²) in [6.45, 7) is 7.23. The van der Waals surface area contributed by atoms with Gasteiger partial charge in [-0.05, 0) is 38.7 Å². The number of hydrogen-bond acceptors (Lipinski definition) is 6. The van der Waals surface area contributed by atoms with Crippen molar-refractivity contribution in [1.82, 2.24) is 0 Å². The lowest BCUT2D eigenvalue weighted by molar-refractivity contribution is -0.152. The van der Waals surface area contributed by atoms with Gasteiger partial charge in [0.1, 0.15) is 6.10 Å². The topological polar surface area (TPSA) is 124 Å². The molecule has 31 heavy (non-hydrogen) atoms. The van der Waals surface area contributed by atoms with Crippen LogP contribution < -0.4 is 0 Å². The Kier molecular flexibility index (Phi) is 15.3. The molecule has 0 aliphatic carbocycles. The molecule has 0 bridgehead atoms. The van der Waals surface area contributed by atoms with Crippen molar-refractivity contribution < 1.29 is 34.8 Å². The van der Waals surface area contributed by atoms with E-state index in [1.807, 2.05) is 45.1 Å². The van der Waals surface area contributed by atoms with Crippen molar-refractivity contribution >= 4 is 11.9 Å². The maximum absolute atomic E-state index is 11.6. The van der Waals surface area contributed by atoms with E-state index in [1.54, 1.807) is 25.2 Å². The largest absolute Gasteiger partial charge is 0.481 e. The Morgan fingerprint density at radius 1 is 0.903 bits per heavy atom. The molecule has 0 fully saturated rings. The van der Waals surface area contributed by atoms with Crippen LogP contribution in [-0.4, -0.2) is 56.8 Å². The quantitative estimate of drug-likeness (QED) is 0.176. The molecule has 0 rings (SSSR count). The van der Waals surface area contributed by atoms with E-state index in [0.29, 0.717) is 19.3 Å². The average molecular weight is 439 g/mol. The number of ether oxygens (including phenoxy) is 1. The molecule has 0 aromatic carbocycles. The van der Waals surface area contributed by atoms with Crippen LogP contribution in [0.4, 0.5) is 0 Å². The smallest absolute Gasteiger partial charge is 0.306 e. The first kappa shape index (κ1) is 28.8. The molecule has 0 amide bonds. The van der Waals surface area contributed by atoms with Crippen molar-refractivity contribution in [2.75, 3.05) is 0 Å². The van der Waals surface area contributed by atoms with Crippen LogP contribution in [0.3, 0.4) is 0 Å².